The van der Waals surface area contributed by atoms with E-state index in [1.165, 1.54) is 0 Å². The van der Waals surface area contributed by atoms with E-state index in [4.69, 9.17) is 4.74 Å². The number of nitrogens with zero attached hydrogens (tertiary/aromatic N) is 1. The summed E-state index contributed by atoms with van der Waals surface area (Å²) in [5, 5.41) is 24.6. The van der Waals surface area contributed by atoms with Gasteiger partial charge in [-0.25, -0.2) is 4.98 Å². The van der Waals surface area contributed by atoms with Crippen molar-refractivity contribution in [2.24, 2.45) is 29.1 Å². The van der Waals surface area contributed by atoms with Crippen molar-refractivity contribution in [2.45, 2.75) is 98.4 Å². The lowest BCUT2D eigenvalue weighted by atomic mass is 9.73. The molecule has 1 saturated carbocycles. The van der Waals surface area contributed by atoms with Gasteiger partial charge in [0.05, 0.1) is 34.7 Å². The Bertz CT molecular complexity index is 907. The lowest BCUT2D eigenvalue weighted by Crippen LogP contribution is -2.45. The van der Waals surface area contributed by atoms with Gasteiger partial charge in [0.2, 0.25) is 0 Å². The molecule has 2 N–H and O–H groups in total. The summed E-state index contributed by atoms with van der Waals surface area (Å²) >= 11 is 1.58. The van der Waals surface area contributed by atoms with Gasteiger partial charge in [-0.2, -0.15) is 0 Å². The average molecular weight is 492 g/mol. The smallest absolute Gasteiger partial charge is 0.309 e. The van der Waals surface area contributed by atoms with E-state index in [0.29, 0.717) is 11.8 Å². The van der Waals surface area contributed by atoms with Gasteiger partial charge in [0.15, 0.2) is 0 Å². The summed E-state index contributed by atoms with van der Waals surface area (Å²) in [6.07, 6.45) is 4.23. The average Bonchev–Trinajstić information content (AvgIpc) is 3.38. The summed E-state index contributed by atoms with van der Waals surface area (Å²) in [6, 6.07) is 0. The Balaban J connectivity index is 1.81. The van der Waals surface area contributed by atoms with Crippen molar-refractivity contribution in [1.29, 1.82) is 0 Å². The third-order valence-corrected chi connectivity index (χ3v) is 8.74. The summed E-state index contributed by atoms with van der Waals surface area (Å²) < 4.78 is 5.90. The fraction of sp³-hybridized carbons (Fsp3) is 0.741. The van der Waals surface area contributed by atoms with Gasteiger partial charge >= 0.3 is 5.97 Å². The maximum absolute atomic E-state index is 13.2. The molecule has 1 aliphatic carbocycles. The second-order valence-electron chi connectivity index (χ2n) is 11.1. The number of aliphatic hydroxyl groups is 2. The van der Waals surface area contributed by atoms with Crippen LogP contribution < -0.4 is 0 Å². The van der Waals surface area contributed by atoms with Gasteiger partial charge < -0.3 is 14.9 Å². The fourth-order valence-corrected chi connectivity index (χ4v) is 5.79. The normalized spacial score (nSPS) is 36.0. The Morgan fingerprint density at radius 2 is 1.88 bits per heavy atom. The highest BCUT2D eigenvalue weighted by atomic mass is 32.1. The second kappa shape index (κ2) is 11.0. The van der Waals surface area contributed by atoms with Crippen molar-refractivity contribution in [2.75, 3.05) is 0 Å². The lowest BCUT2D eigenvalue weighted by molar-refractivity contribution is -0.154. The van der Waals surface area contributed by atoms with E-state index in [1.807, 2.05) is 32.2 Å². The van der Waals surface area contributed by atoms with Crippen LogP contribution in [0.4, 0.5) is 0 Å². The summed E-state index contributed by atoms with van der Waals surface area (Å²) in [7, 11) is 0. The minimum atomic E-state index is -1.19. The molecule has 0 radical (unpaired) electrons. The van der Waals surface area contributed by atoms with Crippen molar-refractivity contribution in [1.82, 2.24) is 4.98 Å². The zero-order valence-corrected chi connectivity index (χ0v) is 22.2. The minimum absolute atomic E-state index is 0.00135. The van der Waals surface area contributed by atoms with Crippen LogP contribution in [0.1, 0.15) is 83.8 Å². The summed E-state index contributed by atoms with van der Waals surface area (Å²) in [4.78, 5) is 30.6. The monoisotopic (exact) mass is 491 g/mol. The van der Waals surface area contributed by atoms with Crippen LogP contribution in [0, 0.1) is 36.0 Å². The first-order valence-electron chi connectivity index (χ1n) is 12.6. The molecular formula is C27H41NO5S. The fourth-order valence-electron chi connectivity index (χ4n) is 5.22. The predicted molar refractivity (Wildman–Crippen MR) is 134 cm³/mol. The third kappa shape index (κ3) is 6.55. The predicted octanol–water partition coefficient (Wildman–Crippen LogP) is 4.96. The van der Waals surface area contributed by atoms with Crippen LogP contribution in [0.2, 0.25) is 0 Å². The Morgan fingerprint density at radius 3 is 2.53 bits per heavy atom. The van der Waals surface area contributed by atoms with Crippen LogP contribution in [0.15, 0.2) is 11.0 Å². The number of thiazole rings is 1. The zero-order valence-electron chi connectivity index (χ0n) is 21.4. The topological polar surface area (TPSA) is 96.7 Å². The maximum Gasteiger partial charge on any atom is 0.309 e. The van der Waals surface area contributed by atoms with Gasteiger partial charge in [-0.05, 0) is 62.5 Å². The number of carbonyl (C=O) groups excluding carboxylic acids is 2. The Hall–Kier alpha value is -1.57. The van der Waals surface area contributed by atoms with E-state index < -0.39 is 29.5 Å². The molecule has 1 saturated heterocycles. The minimum Gasteiger partial charge on any atom is -0.458 e. The van der Waals surface area contributed by atoms with Gasteiger partial charge in [0, 0.05) is 11.3 Å². The third-order valence-electron chi connectivity index (χ3n) is 7.95. The number of Topliss-reactive ketones (excluding diaryl/α,β-unsaturated/α-hetero) is 1. The standard InChI is InChI=1S/C27H41NO5S/c1-15-8-7-9-19-11-20(19)12-22(16(2)10-21-14-34-18(4)28-21)33-24(30)13-23(29)27(5,6)26(32)17(3)25(15)31/h10,14-15,17,19-20,22-23,25,29,31H,7-9,11-13H2,1-6H3/b16-10+. The number of carbonyl (C=O) groups is 2. The SMILES string of the molecule is C/C(=C\c1csc(C)n1)C1CC2CC2CCCC(C)C(O)C(C)C(=O)C(C)(C)C(O)CC(=O)O1. The van der Waals surface area contributed by atoms with Gasteiger partial charge in [-0.3, -0.25) is 9.59 Å². The lowest BCUT2D eigenvalue weighted by Gasteiger charge is -2.34. The number of ketones is 1. The van der Waals surface area contributed by atoms with Crippen molar-refractivity contribution in [3.05, 3.63) is 21.7 Å². The molecule has 7 heteroatoms. The van der Waals surface area contributed by atoms with Crippen molar-refractivity contribution < 1.29 is 24.5 Å². The number of hydrogen-bond donors (Lipinski definition) is 2. The van der Waals surface area contributed by atoms with Gasteiger partial charge in [-0.15, -0.1) is 11.3 Å². The molecule has 7 atom stereocenters. The van der Waals surface area contributed by atoms with Crippen molar-refractivity contribution in [3.8, 4) is 0 Å². The van der Waals surface area contributed by atoms with Gasteiger partial charge in [0.1, 0.15) is 11.9 Å². The van der Waals surface area contributed by atoms with E-state index in [2.05, 4.69) is 4.98 Å². The molecule has 1 aromatic heterocycles. The van der Waals surface area contributed by atoms with Crippen LogP contribution in [-0.4, -0.2) is 45.3 Å². The molecule has 190 valence electrons. The number of rotatable bonds is 2. The van der Waals surface area contributed by atoms with E-state index in [-0.39, 0.29) is 24.2 Å². The molecule has 6 nitrogen and oxygen atoms in total. The molecule has 34 heavy (non-hydrogen) atoms. The van der Waals surface area contributed by atoms with Crippen molar-refractivity contribution in [3.63, 3.8) is 0 Å². The summed E-state index contributed by atoms with van der Waals surface area (Å²) in [5.74, 6) is -0.234. The van der Waals surface area contributed by atoms with Gasteiger partial charge in [-0.1, -0.05) is 40.5 Å². The molecule has 3 rings (SSSR count). The molecule has 0 aromatic carbocycles. The van der Waals surface area contributed by atoms with Crippen molar-refractivity contribution >= 4 is 29.2 Å². The van der Waals surface area contributed by atoms with Gasteiger partial charge in [0.25, 0.3) is 0 Å². The van der Waals surface area contributed by atoms with E-state index in [0.717, 1.165) is 48.4 Å². The Kier molecular flexibility index (Phi) is 8.75. The Labute approximate surface area is 207 Å². The number of ether oxygens (including phenoxy) is 1. The van der Waals surface area contributed by atoms with E-state index in [9.17, 15) is 19.8 Å². The molecule has 7 unspecified atom stereocenters. The first kappa shape index (κ1) is 27.0. The quantitative estimate of drug-likeness (QED) is 0.568. The molecule has 2 fully saturated rings. The molecule has 1 aromatic rings. The number of aromatic nitrogens is 1. The van der Waals surface area contributed by atoms with Crippen LogP contribution in [-0.2, 0) is 14.3 Å². The summed E-state index contributed by atoms with van der Waals surface area (Å²) in [6.45, 7) is 10.9. The molecule has 0 amide bonds. The van der Waals surface area contributed by atoms with Crippen LogP contribution in [0.5, 0.6) is 0 Å². The largest absolute Gasteiger partial charge is 0.458 e. The molecular weight excluding hydrogens is 450 g/mol. The summed E-state index contributed by atoms with van der Waals surface area (Å²) in [5.41, 5.74) is 0.639. The number of fused-ring (bicyclic) bond motifs is 1. The number of aryl methyl sites for hydroxylation is 1. The van der Waals surface area contributed by atoms with E-state index in [1.54, 1.807) is 32.1 Å². The molecule has 0 spiro atoms. The zero-order chi connectivity index (χ0) is 25.2. The number of aliphatic hydroxyl groups excluding tert-OH is 2. The van der Waals surface area contributed by atoms with E-state index >= 15 is 0 Å². The first-order chi connectivity index (χ1) is 15.9. The second-order valence-corrected chi connectivity index (χ2v) is 12.2. The van der Waals surface area contributed by atoms with Crippen LogP contribution >= 0.6 is 11.3 Å². The molecule has 0 bridgehead atoms. The van der Waals surface area contributed by atoms with Crippen LogP contribution in [0.3, 0.4) is 0 Å². The number of cyclic esters (lactones) is 1. The maximum atomic E-state index is 13.2. The highest BCUT2D eigenvalue weighted by Crippen LogP contribution is 2.47. The number of esters is 1. The highest BCUT2D eigenvalue weighted by Gasteiger charge is 2.43. The molecule has 2 heterocycles. The Morgan fingerprint density at radius 1 is 1.18 bits per heavy atom. The first-order valence-corrected chi connectivity index (χ1v) is 13.5. The van der Waals surface area contributed by atoms with Crippen LogP contribution in [0.25, 0.3) is 6.08 Å². The highest BCUT2D eigenvalue weighted by molar-refractivity contribution is 7.09. The number of hydrogen-bond acceptors (Lipinski definition) is 7. The molecule has 1 aliphatic heterocycles. The molecule has 2 aliphatic rings.